The number of nitrogens with two attached hydrogens (primary N) is 2. The van der Waals surface area contributed by atoms with E-state index in [9.17, 15) is 12.8 Å². The molecule has 0 radical (unpaired) electrons. The second-order valence-corrected chi connectivity index (χ2v) is 6.35. The van der Waals surface area contributed by atoms with Crippen LogP contribution in [0.25, 0.3) is 0 Å². The SMILES string of the molecule is CN(Cc1cccc(F)c1)c1cc(N)cc(S(N)(=O)=O)c1. The van der Waals surface area contributed by atoms with Crippen LogP contribution in [0.1, 0.15) is 5.56 Å². The van der Waals surface area contributed by atoms with Gasteiger partial charge in [-0.2, -0.15) is 0 Å². The summed E-state index contributed by atoms with van der Waals surface area (Å²) in [7, 11) is -2.07. The smallest absolute Gasteiger partial charge is 0.238 e. The molecule has 0 unspecified atom stereocenters. The highest BCUT2D eigenvalue weighted by Crippen LogP contribution is 2.23. The largest absolute Gasteiger partial charge is 0.399 e. The Labute approximate surface area is 123 Å². The summed E-state index contributed by atoms with van der Waals surface area (Å²) in [5, 5.41) is 5.12. The fourth-order valence-electron chi connectivity index (χ4n) is 1.99. The predicted molar refractivity (Wildman–Crippen MR) is 80.7 cm³/mol. The molecule has 0 saturated carbocycles. The Morgan fingerprint density at radius 1 is 1.19 bits per heavy atom. The summed E-state index contributed by atoms with van der Waals surface area (Å²) in [5.74, 6) is -0.321. The van der Waals surface area contributed by atoms with Crippen molar-refractivity contribution in [3.63, 3.8) is 0 Å². The van der Waals surface area contributed by atoms with Gasteiger partial charge < -0.3 is 10.6 Å². The fraction of sp³-hybridized carbons (Fsp3) is 0.143. The van der Waals surface area contributed by atoms with Crippen LogP contribution in [-0.4, -0.2) is 15.5 Å². The average molecular weight is 309 g/mol. The third-order valence-electron chi connectivity index (χ3n) is 2.99. The van der Waals surface area contributed by atoms with Crippen molar-refractivity contribution in [2.45, 2.75) is 11.4 Å². The molecule has 0 aliphatic carbocycles. The van der Waals surface area contributed by atoms with E-state index in [1.165, 1.54) is 24.3 Å². The van der Waals surface area contributed by atoms with Crippen LogP contribution in [0, 0.1) is 5.82 Å². The average Bonchev–Trinajstić information content (AvgIpc) is 2.37. The summed E-state index contributed by atoms with van der Waals surface area (Å²) in [4.78, 5) is 1.71. The number of hydrogen-bond donors (Lipinski definition) is 2. The lowest BCUT2D eigenvalue weighted by molar-refractivity contribution is 0.598. The van der Waals surface area contributed by atoms with Gasteiger partial charge >= 0.3 is 0 Å². The number of nitrogens with zero attached hydrogens (tertiary/aromatic N) is 1. The minimum Gasteiger partial charge on any atom is -0.399 e. The third kappa shape index (κ3) is 3.93. The lowest BCUT2D eigenvalue weighted by Gasteiger charge is -2.20. The maximum Gasteiger partial charge on any atom is 0.238 e. The Morgan fingerprint density at radius 3 is 2.52 bits per heavy atom. The maximum absolute atomic E-state index is 13.2. The summed E-state index contributed by atoms with van der Waals surface area (Å²) >= 11 is 0. The summed E-state index contributed by atoms with van der Waals surface area (Å²) in [6.07, 6.45) is 0. The molecular formula is C14H16FN3O2S. The van der Waals surface area contributed by atoms with Crippen molar-refractivity contribution in [2.75, 3.05) is 17.7 Å². The quantitative estimate of drug-likeness (QED) is 0.841. The first-order valence-electron chi connectivity index (χ1n) is 6.14. The first-order chi connectivity index (χ1) is 9.75. The lowest BCUT2D eigenvalue weighted by atomic mass is 10.2. The molecule has 21 heavy (non-hydrogen) atoms. The molecule has 2 aromatic rings. The number of hydrogen-bond acceptors (Lipinski definition) is 4. The van der Waals surface area contributed by atoms with Gasteiger partial charge in [0, 0.05) is 25.0 Å². The summed E-state index contributed by atoms with van der Waals surface area (Å²) in [6, 6.07) is 10.6. The second-order valence-electron chi connectivity index (χ2n) is 4.79. The molecule has 0 amide bonds. The molecule has 0 fully saturated rings. The van der Waals surface area contributed by atoms with E-state index >= 15 is 0 Å². The highest BCUT2D eigenvalue weighted by atomic mass is 32.2. The standard InChI is InChI=1S/C14H16FN3O2S/c1-18(9-10-3-2-4-11(15)5-10)13-6-12(16)7-14(8-13)21(17,19)20/h2-8H,9,16H2,1H3,(H2,17,19,20). The van der Waals surface area contributed by atoms with Crippen LogP contribution in [0.4, 0.5) is 15.8 Å². The van der Waals surface area contributed by atoms with Crippen molar-refractivity contribution in [3.05, 3.63) is 53.8 Å². The molecule has 2 aromatic carbocycles. The van der Waals surface area contributed by atoms with Gasteiger partial charge in [0.2, 0.25) is 10.0 Å². The molecule has 0 atom stereocenters. The Kier molecular flexibility index (Phi) is 4.15. The molecule has 0 aromatic heterocycles. The number of anilines is 2. The number of nitrogen functional groups attached to an aromatic ring is 1. The molecule has 0 spiro atoms. The van der Waals surface area contributed by atoms with E-state index in [1.54, 1.807) is 30.1 Å². The van der Waals surface area contributed by atoms with Gasteiger partial charge in [0.15, 0.2) is 0 Å². The van der Waals surface area contributed by atoms with Gasteiger partial charge in [0.25, 0.3) is 0 Å². The lowest BCUT2D eigenvalue weighted by Crippen LogP contribution is -2.18. The first kappa shape index (κ1) is 15.3. The normalized spacial score (nSPS) is 11.4. The zero-order valence-corrected chi connectivity index (χ0v) is 12.3. The van der Waals surface area contributed by atoms with E-state index < -0.39 is 10.0 Å². The van der Waals surface area contributed by atoms with Crippen LogP contribution in [0.5, 0.6) is 0 Å². The number of rotatable bonds is 4. The molecule has 0 bridgehead atoms. The van der Waals surface area contributed by atoms with Crippen molar-refractivity contribution in [2.24, 2.45) is 5.14 Å². The van der Waals surface area contributed by atoms with E-state index in [4.69, 9.17) is 10.9 Å². The number of primary sulfonamides is 1. The van der Waals surface area contributed by atoms with Crippen molar-refractivity contribution >= 4 is 21.4 Å². The van der Waals surface area contributed by atoms with Crippen molar-refractivity contribution in [3.8, 4) is 0 Å². The summed E-state index contributed by atoms with van der Waals surface area (Å²) in [6.45, 7) is 0.408. The van der Waals surface area contributed by atoms with Gasteiger partial charge in [-0.05, 0) is 35.9 Å². The third-order valence-corrected chi connectivity index (χ3v) is 3.88. The van der Waals surface area contributed by atoms with E-state index in [0.29, 0.717) is 17.9 Å². The number of halogens is 1. The molecule has 4 N–H and O–H groups in total. The van der Waals surface area contributed by atoms with Crippen LogP contribution in [0.2, 0.25) is 0 Å². The molecule has 0 aliphatic heterocycles. The molecular weight excluding hydrogens is 293 g/mol. The van der Waals surface area contributed by atoms with E-state index in [1.807, 2.05) is 0 Å². The second kappa shape index (κ2) is 5.71. The van der Waals surface area contributed by atoms with E-state index in [2.05, 4.69) is 0 Å². The molecule has 2 rings (SSSR count). The first-order valence-corrected chi connectivity index (χ1v) is 7.69. The predicted octanol–water partition coefficient (Wildman–Crippen LogP) is 1.69. The highest BCUT2D eigenvalue weighted by Gasteiger charge is 2.12. The number of sulfonamides is 1. The van der Waals surface area contributed by atoms with Gasteiger partial charge in [-0.25, -0.2) is 17.9 Å². The fourth-order valence-corrected chi connectivity index (χ4v) is 2.58. The van der Waals surface area contributed by atoms with Crippen LogP contribution < -0.4 is 15.8 Å². The Balaban J connectivity index is 2.31. The van der Waals surface area contributed by atoms with Gasteiger partial charge in [0.05, 0.1) is 4.90 Å². The Hall–Kier alpha value is -2.12. The van der Waals surface area contributed by atoms with Crippen molar-refractivity contribution in [1.82, 2.24) is 0 Å². The van der Waals surface area contributed by atoms with Gasteiger partial charge in [-0.3, -0.25) is 0 Å². The Morgan fingerprint density at radius 2 is 1.90 bits per heavy atom. The zero-order chi connectivity index (χ0) is 15.6. The van der Waals surface area contributed by atoms with Crippen molar-refractivity contribution < 1.29 is 12.8 Å². The maximum atomic E-state index is 13.2. The van der Waals surface area contributed by atoms with E-state index in [0.717, 1.165) is 5.56 Å². The van der Waals surface area contributed by atoms with E-state index in [-0.39, 0.29) is 10.7 Å². The van der Waals surface area contributed by atoms with Gasteiger partial charge in [-0.15, -0.1) is 0 Å². The van der Waals surface area contributed by atoms with Crippen LogP contribution >= 0.6 is 0 Å². The molecule has 5 nitrogen and oxygen atoms in total. The monoisotopic (exact) mass is 309 g/mol. The molecule has 0 saturated heterocycles. The summed E-state index contributed by atoms with van der Waals surface area (Å²) < 4.78 is 36.0. The van der Waals surface area contributed by atoms with Crippen LogP contribution in [0.3, 0.4) is 0 Å². The Bertz CT molecular complexity index is 763. The van der Waals surface area contributed by atoms with Gasteiger partial charge in [-0.1, -0.05) is 12.1 Å². The van der Waals surface area contributed by atoms with Gasteiger partial charge in [0.1, 0.15) is 5.82 Å². The number of benzene rings is 2. The molecule has 7 heteroatoms. The molecule has 112 valence electrons. The van der Waals surface area contributed by atoms with Crippen molar-refractivity contribution in [1.29, 1.82) is 0 Å². The molecule has 0 aliphatic rings. The minimum absolute atomic E-state index is 0.0522. The summed E-state index contributed by atoms with van der Waals surface area (Å²) in [5.41, 5.74) is 7.35. The molecule has 0 heterocycles. The topological polar surface area (TPSA) is 89.4 Å². The minimum atomic E-state index is -3.83. The van der Waals surface area contributed by atoms with Crippen LogP contribution in [0.15, 0.2) is 47.4 Å². The zero-order valence-electron chi connectivity index (χ0n) is 11.5. The highest BCUT2D eigenvalue weighted by molar-refractivity contribution is 7.89. The van der Waals surface area contributed by atoms with Crippen LogP contribution in [-0.2, 0) is 16.6 Å².